The highest BCUT2D eigenvalue weighted by molar-refractivity contribution is 6.00. The van der Waals surface area contributed by atoms with Crippen LogP contribution in [0.5, 0.6) is 0 Å². The molecule has 0 aromatic carbocycles. The summed E-state index contributed by atoms with van der Waals surface area (Å²) >= 11 is 0. The smallest absolute Gasteiger partial charge is 0.316 e. The Morgan fingerprint density at radius 3 is 2.31 bits per heavy atom. The molecule has 0 spiro atoms. The van der Waals surface area contributed by atoms with Crippen LogP contribution in [0.4, 0.5) is 8.78 Å². The van der Waals surface area contributed by atoms with Crippen molar-refractivity contribution in [3.63, 3.8) is 0 Å². The van der Waals surface area contributed by atoms with Gasteiger partial charge in [0, 0.05) is 63.5 Å². The number of carbonyl (C=O) groups is 3. The molecule has 0 aromatic heterocycles. The number of fused-ring (bicyclic) bond motifs is 1. The number of rotatable bonds is 7. The first-order valence-electron chi connectivity index (χ1n) is 18.7. The molecule has 0 bridgehead atoms. The Labute approximate surface area is 302 Å². The summed E-state index contributed by atoms with van der Waals surface area (Å²) in [6, 6.07) is -0.543. The van der Waals surface area contributed by atoms with E-state index in [9.17, 15) is 28.3 Å². The number of esters is 2. The van der Waals surface area contributed by atoms with Crippen LogP contribution in [0, 0.1) is 23.7 Å². The molecule has 51 heavy (non-hydrogen) atoms. The SMILES string of the molecule is CC[C@H]1OC(=O)C(C)C(=O)[C@H](C)[C@@H](OC2OC(CN3CCC(F)(F)CC3)CC(N(C)C)C2O)[C@](C)(OC)C[C@@H](C)CN[C@H](C)[C@H]2CC(=O)O[C@@]21C. The van der Waals surface area contributed by atoms with Gasteiger partial charge in [0.1, 0.15) is 18.1 Å². The molecule has 4 saturated heterocycles. The van der Waals surface area contributed by atoms with Crippen LogP contribution < -0.4 is 5.32 Å². The number of ether oxygens (including phenoxy) is 5. The molecule has 5 unspecified atom stereocenters. The molecule has 294 valence electrons. The zero-order chi connectivity index (χ0) is 38.1. The third-order valence-corrected chi connectivity index (χ3v) is 12.1. The molecule has 14 heteroatoms. The van der Waals surface area contributed by atoms with Crippen molar-refractivity contribution in [3.8, 4) is 0 Å². The molecule has 0 radical (unpaired) electrons. The lowest BCUT2D eigenvalue weighted by atomic mass is 9.78. The van der Waals surface area contributed by atoms with Crippen molar-refractivity contribution in [1.29, 1.82) is 0 Å². The number of Topliss-reactive ketones (excluding diaryl/α,β-unsaturated/α-hetero) is 1. The van der Waals surface area contributed by atoms with Crippen LogP contribution in [-0.4, -0.2) is 140 Å². The molecule has 4 aliphatic heterocycles. The minimum absolute atomic E-state index is 0.00538. The van der Waals surface area contributed by atoms with E-state index in [-0.39, 0.29) is 62.2 Å². The molecule has 4 rings (SSSR count). The topological polar surface area (TPSA) is 136 Å². The van der Waals surface area contributed by atoms with Crippen LogP contribution in [0.1, 0.15) is 87.0 Å². The number of hydrogen-bond donors (Lipinski definition) is 2. The van der Waals surface area contributed by atoms with Gasteiger partial charge in [-0.05, 0) is 73.5 Å². The second-order valence-corrected chi connectivity index (χ2v) is 16.3. The summed E-state index contributed by atoms with van der Waals surface area (Å²) in [4.78, 5) is 44.4. The van der Waals surface area contributed by atoms with E-state index in [0.717, 1.165) is 0 Å². The number of alkyl halides is 2. The molecule has 0 saturated carbocycles. The van der Waals surface area contributed by atoms with Crippen LogP contribution in [0.25, 0.3) is 0 Å². The number of nitrogens with zero attached hydrogens (tertiary/aromatic N) is 2. The van der Waals surface area contributed by atoms with Crippen LogP contribution in [0.15, 0.2) is 0 Å². The Balaban J connectivity index is 1.66. The summed E-state index contributed by atoms with van der Waals surface area (Å²) in [6.45, 7) is 14.2. The number of nitrogens with one attached hydrogen (secondary N) is 1. The molecule has 13 atom stereocenters. The lowest BCUT2D eigenvalue weighted by Crippen LogP contribution is -2.60. The minimum atomic E-state index is -2.68. The van der Waals surface area contributed by atoms with Crippen molar-refractivity contribution in [2.24, 2.45) is 23.7 Å². The fraction of sp³-hybridized carbons (Fsp3) is 0.919. The van der Waals surface area contributed by atoms with Gasteiger partial charge < -0.3 is 43.9 Å². The Hall–Kier alpha value is -1.81. The number of methoxy groups -OCH3 is 1. The first kappa shape index (κ1) is 41.9. The van der Waals surface area contributed by atoms with Gasteiger partial charge in [-0.1, -0.05) is 20.8 Å². The average molecular weight is 732 g/mol. The van der Waals surface area contributed by atoms with E-state index in [4.69, 9.17) is 23.7 Å². The van der Waals surface area contributed by atoms with Crippen molar-refractivity contribution in [2.75, 3.05) is 47.4 Å². The fourth-order valence-corrected chi connectivity index (χ4v) is 8.79. The monoisotopic (exact) mass is 731 g/mol. The van der Waals surface area contributed by atoms with Gasteiger partial charge in [-0.15, -0.1) is 0 Å². The Morgan fingerprint density at radius 1 is 1.08 bits per heavy atom. The molecular weight excluding hydrogens is 668 g/mol. The van der Waals surface area contributed by atoms with Crippen LogP contribution in [0.2, 0.25) is 0 Å². The average Bonchev–Trinajstić information content (AvgIpc) is 3.39. The van der Waals surface area contributed by atoms with Gasteiger partial charge in [0.25, 0.3) is 5.92 Å². The summed E-state index contributed by atoms with van der Waals surface area (Å²) < 4.78 is 59.0. The Bertz CT molecular complexity index is 1220. The van der Waals surface area contributed by atoms with Crippen molar-refractivity contribution in [2.45, 2.75) is 147 Å². The third kappa shape index (κ3) is 9.47. The summed E-state index contributed by atoms with van der Waals surface area (Å²) in [5, 5.41) is 15.2. The van der Waals surface area contributed by atoms with Crippen LogP contribution in [0.3, 0.4) is 0 Å². The van der Waals surface area contributed by atoms with Crippen molar-refractivity contribution >= 4 is 17.7 Å². The molecule has 0 aliphatic carbocycles. The number of ketones is 1. The highest BCUT2D eigenvalue weighted by Gasteiger charge is 2.55. The molecule has 4 fully saturated rings. The van der Waals surface area contributed by atoms with E-state index < -0.39 is 71.4 Å². The number of cyclic esters (lactones) is 1. The minimum Gasteiger partial charge on any atom is -0.458 e. The number of halogens is 2. The first-order valence-corrected chi connectivity index (χ1v) is 18.7. The van der Waals surface area contributed by atoms with Gasteiger partial charge in [0.15, 0.2) is 17.7 Å². The molecular formula is C37H63F2N3O9. The number of likely N-dealkylation sites (N-methyl/N-ethyl adjacent to an activating group) is 1. The maximum atomic E-state index is 14.3. The molecule has 12 nitrogen and oxygen atoms in total. The molecule has 0 amide bonds. The highest BCUT2D eigenvalue weighted by Crippen LogP contribution is 2.42. The highest BCUT2D eigenvalue weighted by atomic mass is 19.3. The number of piperidine rings is 1. The quantitative estimate of drug-likeness (QED) is 0.294. The van der Waals surface area contributed by atoms with E-state index in [1.165, 1.54) is 6.92 Å². The predicted octanol–water partition coefficient (Wildman–Crippen LogP) is 3.42. The third-order valence-electron chi connectivity index (χ3n) is 12.1. The second-order valence-electron chi connectivity index (χ2n) is 16.3. The molecule has 4 heterocycles. The lowest BCUT2D eigenvalue weighted by Gasteiger charge is -2.48. The van der Waals surface area contributed by atoms with Gasteiger partial charge in [-0.2, -0.15) is 0 Å². The summed E-state index contributed by atoms with van der Waals surface area (Å²) in [7, 11) is 5.26. The zero-order valence-electron chi connectivity index (χ0n) is 32.3. The zero-order valence-corrected chi connectivity index (χ0v) is 32.3. The molecule has 0 aromatic rings. The standard InChI is InChI=1S/C37H63F2N3O9/c1-11-28-36(7)26(17-29(43)51-36)24(5)40-19-21(2)18-35(6,47-10)32(22(3)30(44)23(4)33(46)49-28)50-34-31(45)27(41(8)9)16-25(48-34)20-42-14-12-37(38,39)13-15-42/h21-28,31-32,34,40,45H,11-20H2,1-10H3/t21-,22+,23?,24-,25?,26-,27?,28-,31?,32-,34?,35-,36+/m1/s1. The maximum Gasteiger partial charge on any atom is 0.316 e. The van der Waals surface area contributed by atoms with Crippen LogP contribution in [-0.2, 0) is 38.1 Å². The molecule has 4 aliphatic rings. The van der Waals surface area contributed by atoms with Crippen molar-refractivity contribution in [3.05, 3.63) is 0 Å². The number of aliphatic hydroxyl groups excluding tert-OH is 1. The second kappa shape index (κ2) is 16.7. The van der Waals surface area contributed by atoms with E-state index in [2.05, 4.69) is 12.2 Å². The number of carbonyl (C=O) groups excluding carboxylic acids is 3. The van der Waals surface area contributed by atoms with Crippen LogP contribution >= 0.6 is 0 Å². The number of aliphatic hydroxyl groups is 1. The van der Waals surface area contributed by atoms with E-state index >= 15 is 0 Å². The number of hydrogen-bond acceptors (Lipinski definition) is 12. The van der Waals surface area contributed by atoms with Gasteiger partial charge in [-0.25, -0.2) is 8.78 Å². The fourth-order valence-electron chi connectivity index (χ4n) is 8.79. The van der Waals surface area contributed by atoms with Gasteiger partial charge in [-0.3, -0.25) is 14.4 Å². The van der Waals surface area contributed by atoms with Gasteiger partial charge >= 0.3 is 11.9 Å². The summed E-state index contributed by atoms with van der Waals surface area (Å²) in [5.41, 5.74) is -2.17. The van der Waals surface area contributed by atoms with Crippen molar-refractivity contribution in [1.82, 2.24) is 15.1 Å². The first-order chi connectivity index (χ1) is 23.7. The predicted molar refractivity (Wildman–Crippen MR) is 185 cm³/mol. The largest absolute Gasteiger partial charge is 0.458 e. The Kier molecular flexibility index (Phi) is 13.7. The normalized spacial score (nSPS) is 43.6. The van der Waals surface area contributed by atoms with E-state index in [1.807, 2.05) is 44.7 Å². The summed E-state index contributed by atoms with van der Waals surface area (Å²) in [5.74, 6) is -6.56. The Morgan fingerprint density at radius 2 is 1.73 bits per heavy atom. The summed E-state index contributed by atoms with van der Waals surface area (Å²) in [6.07, 6.45) is -3.43. The molecule has 2 N–H and O–H groups in total. The van der Waals surface area contributed by atoms with Crippen molar-refractivity contribution < 1.29 is 52.0 Å². The van der Waals surface area contributed by atoms with E-state index in [0.29, 0.717) is 32.4 Å². The van der Waals surface area contributed by atoms with Gasteiger partial charge in [0.2, 0.25) is 0 Å². The van der Waals surface area contributed by atoms with Gasteiger partial charge in [0.05, 0.1) is 24.2 Å². The maximum absolute atomic E-state index is 14.3. The number of likely N-dealkylation sites (tertiary alicyclic amines) is 1. The van der Waals surface area contributed by atoms with E-state index in [1.54, 1.807) is 21.0 Å². The lowest BCUT2D eigenvalue weighted by molar-refractivity contribution is -0.299.